The number of hydrogen-bond acceptors (Lipinski definition) is 6. The van der Waals surface area contributed by atoms with Gasteiger partial charge >= 0.3 is 0 Å². The van der Waals surface area contributed by atoms with Gasteiger partial charge in [-0.1, -0.05) is 0 Å². The maximum Gasteiger partial charge on any atom is 0.243 e. The second-order valence-electron chi connectivity index (χ2n) is 5.62. The van der Waals surface area contributed by atoms with E-state index in [9.17, 15) is 13.2 Å². The Morgan fingerprint density at radius 1 is 1.38 bits per heavy atom. The monoisotopic (exact) mass is 369 g/mol. The van der Waals surface area contributed by atoms with Crippen LogP contribution in [-0.4, -0.2) is 68.4 Å². The predicted molar refractivity (Wildman–Crippen MR) is 91.6 cm³/mol. The Morgan fingerprint density at radius 2 is 2.08 bits per heavy atom. The molecule has 1 aromatic heterocycles. The van der Waals surface area contributed by atoms with Crippen molar-refractivity contribution in [1.29, 1.82) is 0 Å². The highest BCUT2D eigenvalue weighted by Crippen LogP contribution is 2.25. The summed E-state index contributed by atoms with van der Waals surface area (Å²) in [5.74, 6) is -0.209. The molecule has 9 heteroatoms. The van der Waals surface area contributed by atoms with Crippen LogP contribution < -0.4 is 0 Å². The summed E-state index contributed by atoms with van der Waals surface area (Å²) in [5.41, 5.74) is 0.781. The molecule has 0 saturated carbocycles. The van der Waals surface area contributed by atoms with E-state index in [2.05, 4.69) is 4.98 Å². The van der Waals surface area contributed by atoms with Crippen LogP contribution in [0, 0.1) is 6.92 Å². The van der Waals surface area contributed by atoms with E-state index in [1.165, 1.54) is 24.5 Å². The number of likely N-dealkylation sites (N-methyl/N-ethyl adjacent to an activating group) is 1. The fourth-order valence-electron chi connectivity index (χ4n) is 2.55. The number of nitrogens with zero attached hydrogens (tertiary/aromatic N) is 3. The molecule has 2 heterocycles. The molecule has 24 heavy (non-hydrogen) atoms. The predicted octanol–water partition coefficient (Wildman–Crippen LogP) is 1.08. The second kappa shape index (κ2) is 6.75. The number of aromatic nitrogens is 1. The second-order valence-corrected chi connectivity index (χ2v) is 8.90. The number of amides is 1. The molecule has 1 fully saturated rings. The van der Waals surface area contributed by atoms with Gasteiger partial charge < -0.3 is 9.64 Å². The minimum Gasteiger partial charge on any atom is -0.378 e. The van der Waals surface area contributed by atoms with E-state index in [1.807, 2.05) is 6.92 Å². The topological polar surface area (TPSA) is 79.8 Å². The summed E-state index contributed by atoms with van der Waals surface area (Å²) in [5, 5.41) is 0.885. The number of thiazole rings is 1. The summed E-state index contributed by atoms with van der Waals surface area (Å²) in [7, 11) is -2.30. The first kappa shape index (κ1) is 17.3. The maximum atomic E-state index is 12.7. The summed E-state index contributed by atoms with van der Waals surface area (Å²) in [4.78, 5) is 18.4. The number of aryl methyl sites for hydroxylation is 1. The molecule has 130 valence electrons. The van der Waals surface area contributed by atoms with Gasteiger partial charge in [0.15, 0.2) is 0 Å². The van der Waals surface area contributed by atoms with Crippen LogP contribution >= 0.6 is 11.3 Å². The molecule has 1 aliphatic rings. The lowest BCUT2D eigenvalue weighted by Crippen LogP contribution is -2.46. The first-order chi connectivity index (χ1) is 11.4. The molecule has 0 aliphatic carbocycles. The first-order valence-electron chi connectivity index (χ1n) is 7.57. The minimum atomic E-state index is -3.72. The van der Waals surface area contributed by atoms with Gasteiger partial charge in [-0.15, -0.1) is 11.3 Å². The van der Waals surface area contributed by atoms with Gasteiger partial charge in [0.05, 0.1) is 39.9 Å². The van der Waals surface area contributed by atoms with Gasteiger partial charge in [-0.05, 0) is 25.1 Å². The highest BCUT2D eigenvalue weighted by atomic mass is 32.2. The van der Waals surface area contributed by atoms with Gasteiger partial charge in [0.25, 0.3) is 0 Å². The lowest BCUT2D eigenvalue weighted by molar-refractivity contribution is -0.135. The SMILES string of the molecule is Cc1nc2ccc(S(=O)(=O)N(C)CC(=O)N3CCOCC3)cc2s1. The molecule has 1 amide bonds. The van der Waals surface area contributed by atoms with E-state index in [1.54, 1.807) is 17.0 Å². The molecule has 0 unspecified atom stereocenters. The lowest BCUT2D eigenvalue weighted by atomic mass is 10.3. The fraction of sp³-hybridized carbons (Fsp3) is 0.467. The average Bonchev–Trinajstić information content (AvgIpc) is 2.94. The number of hydrogen-bond donors (Lipinski definition) is 0. The molecule has 0 atom stereocenters. The van der Waals surface area contributed by atoms with Gasteiger partial charge in [-0.2, -0.15) is 4.31 Å². The van der Waals surface area contributed by atoms with Crippen molar-refractivity contribution in [3.8, 4) is 0 Å². The molecule has 1 aromatic carbocycles. The Hall–Kier alpha value is -1.55. The summed E-state index contributed by atoms with van der Waals surface area (Å²) in [6, 6.07) is 4.85. The quantitative estimate of drug-likeness (QED) is 0.806. The fourth-order valence-corrected chi connectivity index (χ4v) is 4.64. The van der Waals surface area contributed by atoms with Crippen molar-refractivity contribution in [2.24, 2.45) is 0 Å². The molecule has 0 spiro atoms. The third-order valence-corrected chi connectivity index (χ3v) is 6.63. The number of fused-ring (bicyclic) bond motifs is 1. The minimum absolute atomic E-state index is 0.177. The largest absolute Gasteiger partial charge is 0.378 e. The van der Waals surface area contributed by atoms with E-state index < -0.39 is 10.0 Å². The van der Waals surface area contributed by atoms with Gasteiger partial charge in [-0.3, -0.25) is 4.79 Å². The number of ether oxygens (including phenoxy) is 1. The van der Waals surface area contributed by atoms with Crippen LogP contribution in [0.25, 0.3) is 10.2 Å². The Balaban J connectivity index is 1.78. The van der Waals surface area contributed by atoms with Gasteiger partial charge in [0.2, 0.25) is 15.9 Å². The third-order valence-electron chi connectivity index (χ3n) is 3.90. The zero-order valence-corrected chi connectivity index (χ0v) is 15.2. The van der Waals surface area contributed by atoms with Crippen LogP contribution in [0.1, 0.15) is 5.01 Å². The van der Waals surface area contributed by atoms with Crippen LogP contribution in [-0.2, 0) is 19.6 Å². The number of carbonyl (C=O) groups is 1. The highest BCUT2D eigenvalue weighted by molar-refractivity contribution is 7.89. The molecule has 3 rings (SSSR count). The smallest absolute Gasteiger partial charge is 0.243 e. The summed E-state index contributed by atoms with van der Waals surface area (Å²) in [6.07, 6.45) is 0. The van der Waals surface area contributed by atoms with Gasteiger partial charge in [0, 0.05) is 20.1 Å². The zero-order valence-electron chi connectivity index (χ0n) is 13.6. The van der Waals surface area contributed by atoms with Crippen LogP contribution in [0.5, 0.6) is 0 Å². The Morgan fingerprint density at radius 3 is 2.79 bits per heavy atom. The van der Waals surface area contributed by atoms with E-state index in [0.717, 1.165) is 19.5 Å². The number of carbonyl (C=O) groups excluding carboxylic acids is 1. The van der Waals surface area contributed by atoms with Crippen LogP contribution in [0.4, 0.5) is 0 Å². The Labute approximate surface area is 144 Å². The number of rotatable bonds is 4. The number of benzene rings is 1. The highest BCUT2D eigenvalue weighted by Gasteiger charge is 2.26. The summed E-state index contributed by atoms with van der Waals surface area (Å²) in [6.45, 7) is 3.68. The molecule has 7 nitrogen and oxygen atoms in total. The summed E-state index contributed by atoms with van der Waals surface area (Å²) < 4.78 is 32.6. The zero-order chi connectivity index (χ0) is 17.3. The van der Waals surface area contributed by atoms with E-state index in [-0.39, 0.29) is 17.3 Å². The summed E-state index contributed by atoms with van der Waals surface area (Å²) >= 11 is 1.45. The van der Waals surface area contributed by atoms with Crippen molar-refractivity contribution in [2.75, 3.05) is 39.9 Å². The molecule has 2 aromatic rings. The molecule has 0 N–H and O–H groups in total. The van der Waals surface area contributed by atoms with Crippen LogP contribution in [0.15, 0.2) is 23.1 Å². The number of morpholine rings is 1. The van der Waals surface area contributed by atoms with Crippen molar-refractivity contribution in [2.45, 2.75) is 11.8 Å². The molecule has 0 bridgehead atoms. The van der Waals surface area contributed by atoms with E-state index >= 15 is 0 Å². The molecule has 0 radical (unpaired) electrons. The van der Waals surface area contributed by atoms with Crippen molar-refractivity contribution >= 4 is 37.5 Å². The van der Waals surface area contributed by atoms with Gasteiger partial charge in [-0.25, -0.2) is 13.4 Å². The van der Waals surface area contributed by atoms with Crippen molar-refractivity contribution in [1.82, 2.24) is 14.2 Å². The van der Waals surface area contributed by atoms with Crippen LogP contribution in [0.3, 0.4) is 0 Å². The average molecular weight is 369 g/mol. The molecule has 1 saturated heterocycles. The van der Waals surface area contributed by atoms with Crippen molar-refractivity contribution < 1.29 is 17.9 Å². The molecular weight excluding hydrogens is 350 g/mol. The Bertz CT molecular complexity index is 857. The Kier molecular flexibility index (Phi) is 4.86. The maximum absolute atomic E-state index is 12.7. The van der Waals surface area contributed by atoms with Gasteiger partial charge in [0.1, 0.15) is 0 Å². The molecule has 1 aliphatic heterocycles. The molecular formula is C15H19N3O4S2. The third kappa shape index (κ3) is 3.44. The first-order valence-corrected chi connectivity index (χ1v) is 9.82. The van der Waals surface area contributed by atoms with Crippen molar-refractivity contribution in [3.63, 3.8) is 0 Å². The lowest BCUT2D eigenvalue weighted by Gasteiger charge is -2.28. The number of sulfonamides is 1. The normalized spacial score (nSPS) is 16.0. The van der Waals surface area contributed by atoms with Crippen LogP contribution in [0.2, 0.25) is 0 Å². The van der Waals surface area contributed by atoms with E-state index in [0.29, 0.717) is 26.3 Å². The standard InChI is InChI=1S/C15H19N3O4S2/c1-11-16-13-4-3-12(9-14(13)23-11)24(20,21)17(2)10-15(19)18-5-7-22-8-6-18/h3-4,9H,5-8,10H2,1-2H3. The van der Waals surface area contributed by atoms with E-state index in [4.69, 9.17) is 4.74 Å². The van der Waals surface area contributed by atoms with Crippen molar-refractivity contribution in [3.05, 3.63) is 23.2 Å².